The Morgan fingerprint density at radius 3 is 1.50 bits per heavy atom. The molecule has 1 aliphatic rings. The Balaban J connectivity index is 1.76. The lowest BCUT2D eigenvalue weighted by Crippen LogP contribution is -1.99. The van der Waals surface area contributed by atoms with E-state index in [1.165, 1.54) is 0 Å². The number of rotatable bonds is 6. The van der Waals surface area contributed by atoms with Gasteiger partial charge in [-0.05, 0) is 76.3 Å². The van der Waals surface area contributed by atoms with E-state index in [2.05, 4.69) is 6.07 Å². The molecule has 0 N–H and O–H groups in total. The molecule has 0 heterocycles. The molecule has 4 nitrogen and oxygen atoms in total. The van der Waals surface area contributed by atoms with Crippen LogP contribution in [0.5, 0.6) is 17.2 Å². The topological polar surface area (TPSA) is 44.8 Å². The van der Waals surface area contributed by atoms with Crippen LogP contribution in [0.2, 0.25) is 0 Å². The van der Waals surface area contributed by atoms with Crippen LogP contribution in [0.25, 0.3) is 22.3 Å². The monoisotopic (exact) mass is 448 g/mol. The molecule has 0 atom stereocenters. The summed E-state index contributed by atoms with van der Waals surface area (Å²) in [5.41, 5.74) is 6.90. The molecule has 0 fully saturated rings. The van der Waals surface area contributed by atoms with Gasteiger partial charge >= 0.3 is 0 Å². The van der Waals surface area contributed by atoms with Crippen LogP contribution in [0.15, 0.2) is 91.0 Å². The number of hydrogen-bond donors (Lipinski definition) is 0. The molecule has 4 aromatic rings. The summed E-state index contributed by atoms with van der Waals surface area (Å²) >= 11 is 0. The normalized spacial score (nSPS) is 12.5. The van der Waals surface area contributed by atoms with Gasteiger partial charge in [-0.2, -0.15) is 0 Å². The third kappa shape index (κ3) is 3.73. The summed E-state index contributed by atoms with van der Waals surface area (Å²) < 4.78 is 16.3. The molecule has 0 radical (unpaired) electrons. The molecular formula is C30H24O4. The average molecular weight is 449 g/mol. The van der Waals surface area contributed by atoms with Crippen molar-refractivity contribution in [3.8, 4) is 28.4 Å². The van der Waals surface area contributed by atoms with Crippen molar-refractivity contribution in [1.29, 1.82) is 0 Å². The molecule has 0 aliphatic heterocycles. The van der Waals surface area contributed by atoms with Crippen molar-refractivity contribution in [3.63, 3.8) is 0 Å². The fourth-order valence-electron chi connectivity index (χ4n) is 4.45. The van der Waals surface area contributed by atoms with Crippen LogP contribution in [0.1, 0.15) is 27.0 Å². The highest BCUT2D eigenvalue weighted by Crippen LogP contribution is 2.44. The van der Waals surface area contributed by atoms with E-state index in [-0.39, 0.29) is 5.78 Å². The molecule has 0 amide bonds. The molecule has 0 spiro atoms. The van der Waals surface area contributed by atoms with Gasteiger partial charge in [-0.1, -0.05) is 42.5 Å². The zero-order chi connectivity index (χ0) is 23.7. The van der Waals surface area contributed by atoms with Crippen molar-refractivity contribution >= 4 is 16.9 Å². The maximum absolute atomic E-state index is 13.7. The van der Waals surface area contributed by atoms with Gasteiger partial charge in [0.05, 0.1) is 21.3 Å². The maximum Gasteiger partial charge on any atom is 0.194 e. The van der Waals surface area contributed by atoms with Crippen molar-refractivity contribution in [2.75, 3.05) is 21.3 Å². The third-order valence-electron chi connectivity index (χ3n) is 6.13. The highest BCUT2D eigenvalue weighted by atomic mass is 16.5. The largest absolute Gasteiger partial charge is 0.497 e. The lowest BCUT2D eigenvalue weighted by atomic mass is 9.92. The number of carbonyl (C=O) groups excluding carboxylic acids is 1. The number of fused-ring (bicyclic) bond motifs is 1. The number of ketones is 1. The standard InChI is InChI=1S/C30H24O4/c1-32-23-10-4-7-19(15-23)20-13-14-26-27(18-20)28(21-8-5-11-24(16-21)33-2)29(30(26)31)22-9-6-12-25(17-22)34-3/h4-18H,1-3H3. The van der Waals surface area contributed by atoms with Crippen LogP contribution in [0, 0.1) is 0 Å². The lowest BCUT2D eigenvalue weighted by molar-refractivity contribution is 0.105. The minimum Gasteiger partial charge on any atom is -0.497 e. The highest BCUT2D eigenvalue weighted by Gasteiger charge is 2.32. The quantitative estimate of drug-likeness (QED) is 0.336. The van der Waals surface area contributed by atoms with E-state index in [4.69, 9.17) is 14.2 Å². The Bertz CT molecular complexity index is 1430. The number of hydrogen-bond acceptors (Lipinski definition) is 4. The van der Waals surface area contributed by atoms with E-state index >= 15 is 0 Å². The van der Waals surface area contributed by atoms with E-state index in [0.717, 1.165) is 44.9 Å². The number of ether oxygens (including phenoxy) is 3. The van der Waals surface area contributed by atoms with Crippen LogP contribution in [0.3, 0.4) is 0 Å². The first-order valence-corrected chi connectivity index (χ1v) is 11.0. The molecule has 0 saturated heterocycles. The molecule has 1 aliphatic carbocycles. The minimum atomic E-state index is -0.00161. The number of methoxy groups -OCH3 is 3. The Labute approximate surface area is 199 Å². The van der Waals surface area contributed by atoms with Gasteiger partial charge in [0.1, 0.15) is 17.2 Å². The first-order valence-electron chi connectivity index (χ1n) is 11.0. The van der Waals surface area contributed by atoms with E-state index in [0.29, 0.717) is 16.9 Å². The summed E-state index contributed by atoms with van der Waals surface area (Å²) in [5, 5.41) is 0. The third-order valence-corrected chi connectivity index (χ3v) is 6.13. The molecular weight excluding hydrogens is 424 g/mol. The number of carbonyl (C=O) groups is 1. The number of Topliss-reactive ketones (excluding diaryl/α,β-unsaturated/α-hetero) is 1. The van der Waals surface area contributed by atoms with Crippen molar-refractivity contribution in [2.45, 2.75) is 0 Å². The van der Waals surface area contributed by atoms with Gasteiger partial charge in [0.2, 0.25) is 0 Å². The summed E-state index contributed by atoms with van der Waals surface area (Å²) in [4.78, 5) is 13.7. The Kier molecular flexibility index (Phi) is 5.64. The Morgan fingerprint density at radius 2 is 0.941 bits per heavy atom. The fourth-order valence-corrected chi connectivity index (χ4v) is 4.45. The number of benzene rings is 4. The molecule has 4 aromatic carbocycles. The van der Waals surface area contributed by atoms with Crippen LogP contribution in [0.4, 0.5) is 0 Å². The van der Waals surface area contributed by atoms with Crippen LogP contribution >= 0.6 is 0 Å². The summed E-state index contributed by atoms with van der Waals surface area (Å²) in [6.07, 6.45) is 0. The maximum atomic E-state index is 13.7. The summed E-state index contributed by atoms with van der Waals surface area (Å²) in [6.45, 7) is 0. The highest BCUT2D eigenvalue weighted by molar-refractivity contribution is 6.41. The van der Waals surface area contributed by atoms with Gasteiger partial charge in [-0.15, -0.1) is 0 Å². The minimum absolute atomic E-state index is 0.00161. The second kappa shape index (κ2) is 8.91. The Hall–Kier alpha value is -4.31. The summed E-state index contributed by atoms with van der Waals surface area (Å²) in [5.74, 6) is 2.23. The van der Waals surface area contributed by atoms with Gasteiger partial charge in [0.15, 0.2) is 5.78 Å². The number of allylic oxidation sites excluding steroid dienone is 1. The fraction of sp³-hybridized carbons (Fsp3) is 0.100. The SMILES string of the molecule is COc1cccc(C2=C(c3cccc(OC)c3)c3cc(-c4cccc(OC)c4)ccc3C2=O)c1. The van der Waals surface area contributed by atoms with Gasteiger partial charge in [-0.25, -0.2) is 0 Å². The van der Waals surface area contributed by atoms with Crippen LogP contribution in [-0.2, 0) is 0 Å². The van der Waals surface area contributed by atoms with Crippen molar-refractivity contribution < 1.29 is 19.0 Å². The molecule has 34 heavy (non-hydrogen) atoms. The molecule has 168 valence electrons. The molecule has 0 unspecified atom stereocenters. The molecule has 0 aromatic heterocycles. The molecule has 0 bridgehead atoms. The summed E-state index contributed by atoms with van der Waals surface area (Å²) in [6, 6.07) is 29.4. The first-order chi connectivity index (χ1) is 16.6. The first kappa shape index (κ1) is 21.5. The Morgan fingerprint density at radius 1 is 0.471 bits per heavy atom. The molecule has 4 heteroatoms. The second-order valence-electron chi connectivity index (χ2n) is 8.04. The van der Waals surface area contributed by atoms with Gasteiger partial charge in [0, 0.05) is 16.7 Å². The van der Waals surface area contributed by atoms with Crippen LogP contribution < -0.4 is 14.2 Å². The predicted octanol–water partition coefficient (Wildman–Crippen LogP) is 6.53. The smallest absolute Gasteiger partial charge is 0.194 e. The predicted molar refractivity (Wildman–Crippen MR) is 135 cm³/mol. The lowest BCUT2D eigenvalue weighted by Gasteiger charge is -2.12. The zero-order valence-electron chi connectivity index (χ0n) is 19.3. The van der Waals surface area contributed by atoms with Gasteiger partial charge in [-0.3, -0.25) is 4.79 Å². The second-order valence-corrected chi connectivity index (χ2v) is 8.04. The van der Waals surface area contributed by atoms with Crippen molar-refractivity contribution in [2.24, 2.45) is 0 Å². The molecule has 5 rings (SSSR count). The molecule has 0 saturated carbocycles. The van der Waals surface area contributed by atoms with E-state index in [1.54, 1.807) is 21.3 Å². The summed E-state index contributed by atoms with van der Waals surface area (Å²) in [7, 11) is 4.93. The van der Waals surface area contributed by atoms with Crippen LogP contribution in [-0.4, -0.2) is 27.1 Å². The van der Waals surface area contributed by atoms with E-state index in [9.17, 15) is 4.79 Å². The van der Waals surface area contributed by atoms with E-state index in [1.807, 2.05) is 84.9 Å². The van der Waals surface area contributed by atoms with Crippen molar-refractivity contribution in [3.05, 3.63) is 113 Å². The van der Waals surface area contributed by atoms with E-state index < -0.39 is 0 Å². The van der Waals surface area contributed by atoms with Gasteiger partial charge < -0.3 is 14.2 Å². The average Bonchev–Trinajstić information content (AvgIpc) is 3.20. The van der Waals surface area contributed by atoms with Gasteiger partial charge in [0.25, 0.3) is 0 Å². The van der Waals surface area contributed by atoms with Crippen molar-refractivity contribution in [1.82, 2.24) is 0 Å². The zero-order valence-corrected chi connectivity index (χ0v) is 19.3.